The molecule has 0 aromatic heterocycles. The second-order valence-electron chi connectivity index (χ2n) is 3.37. The van der Waals surface area contributed by atoms with Gasteiger partial charge in [-0.15, -0.1) is 0 Å². The van der Waals surface area contributed by atoms with E-state index in [1.54, 1.807) is 7.11 Å². The third-order valence-electron chi connectivity index (χ3n) is 2.04. The number of hydrogen-bond donors (Lipinski definition) is 1. The first-order valence-corrected chi connectivity index (χ1v) is 4.55. The van der Waals surface area contributed by atoms with E-state index in [0.717, 1.165) is 11.3 Å². The molecular weight excluding hydrogens is 178 g/mol. The van der Waals surface area contributed by atoms with Gasteiger partial charge in [0.05, 0.1) is 12.8 Å². The fraction of sp³-hybridized carbons (Fsp3) is 0.364. The van der Waals surface area contributed by atoms with Crippen molar-refractivity contribution in [3.8, 4) is 5.75 Å². The lowest BCUT2D eigenvalue weighted by atomic mass is 10.0. The highest BCUT2D eigenvalue weighted by Crippen LogP contribution is 2.15. The SMILES string of the molecule is COc1ccc(/C(=N/O)C(C)C)cc1. The van der Waals surface area contributed by atoms with Crippen LogP contribution in [0.1, 0.15) is 19.4 Å². The van der Waals surface area contributed by atoms with Crippen LogP contribution < -0.4 is 4.74 Å². The zero-order valence-electron chi connectivity index (χ0n) is 8.69. The van der Waals surface area contributed by atoms with E-state index in [-0.39, 0.29) is 5.92 Å². The predicted molar refractivity (Wildman–Crippen MR) is 56.2 cm³/mol. The molecule has 0 spiro atoms. The van der Waals surface area contributed by atoms with Crippen LogP contribution in [0.4, 0.5) is 0 Å². The van der Waals surface area contributed by atoms with Gasteiger partial charge >= 0.3 is 0 Å². The number of ether oxygens (including phenoxy) is 1. The van der Waals surface area contributed by atoms with E-state index in [4.69, 9.17) is 9.94 Å². The zero-order chi connectivity index (χ0) is 10.6. The van der Waals surface area contributed by atoms with Crippen molar-refractivity contribution >= 4 is 5.71 Å². The van der Waals surface area contributed by atoms with E-state index in [0.29, 0.717) is 5.71 Å². The van der Waals surface area contributed by atoms with Crippen molar-refractivity contribution in [2.45, 2.75) is 13.8 Å². The summed E-state index contributed by atoms with van der Waals surface area (Å²) < 4.78 is 5.04. The van der Waals surface area contributed by atoms with Crippen LogP contribution in [0.3, 0.4) is 0 Å². The number of methoxy groups -OCH3 is 1. The molecule has 3 heteroatoms. The summed E-state index contributed by atoms with van der Waals surface area (Å²) in [6.07, 6.45) is 0. The summed E-state index contributed by atoms with van der Waals surface area (Å²) in [6.45, 7) is 3.97. The fourth-order valence-corrected chi connectivity index (χ4v) is 1.27. The third kappa shape index (κ3) is 2.25. The first kappa shape index (κ1) is 10.6. The number of benzene rings is 1. The first-order chi connectivity index (χ1) is 6.69. The van der Waals surface area contributed by atoms with Crippen LogP contribution in [-0.4, -0.2) is 18.0 Å². The minimum atomic E-state index is 0.202. The van der Waals surface area contributed by atoms with E-state index in [1.165, 1.54) is 0 Å². The first-order valence-electron chi connectivity index (χ1n) is 4.55. The lowest BCUT2D eigenvalue weighted by molar-refractivity contribution is 0.316. The molecular formula is C11H15NO2. The number of oxime groups is 1. The molecule has 0 aliphatic carbocycles. The Morgan fingerprint density at radius 3 is 2.21 bits per heavy atom. The highest BCUT2D eigenvalue weighted by atomic mass is 16.5. The Morgan fingerprint density at radius 2 is 1.86 bits per heavy atom. The van der Waals surface area contributed by atoms with Crippen molar-refractivity contribution in [3.05, 3.63) is 29.8 Å². The van der Waals surface area contributed by atoms with E-state index in [1.807, 2.05) is 38.1 Å². The second kappa shape index (κ2) is 4.65. The monoisotopic (exact) mass is 193 g/mol. The molecule has 1 aromatic carbocycles. The summed E-state index contributed by atoms with van der Waals surface area (Å²) in [5, 5.41) is 12.1. The predicted octanol–water partition coefficient (Wildman–Crippen LogP) is 2.53. The number of hydrogen-bond acceptors (Lipinski definition) is 3. The molecule has 0 fully saturated rings. The number of rotatable bonds is 3. The van der Waals surface area contributed by atoms with Crippen LogP contribution in [0.5, 0.6) is 5.75 Å². The lowest BCUT2D eigenvalue weighted by Gasteiger charge is -2.08. The molecule has 1 rings (SSSR count). The van der Waals surface area contributed by atoms with Crippen molar-refractivity contribution in [3.63, 3.8) is 0 Å². The molecule has 0 unspecified atom stereocenters. The topological polar surface area (TPSA) is 41.8 Å². The Labute approximate surface area is 84.0 Å². The van der Waals surface area contributed by atoms with Crippen molar-refractivity contribution in [2.75, 3.05) is 7.11 Å². The summed E-state index contributed by atoms with van der Waals surface area (Å²) in [7, 11) is 1.62. The molecule has 1 N–H and O–H groups in total. The van der Waals surface area contributed by atoms with E-state index in [2.05, 4.69) is 5.16 Å². The minimum absolute atomic E-state index is 0.202. The molecule has 0 radical (unpaired) electrons. The summed E-state index contributed by atoms with van der Waals surface area (Å²) >= 11 is 0. The molecule has 0 saturated carbocycles. The fourth-order valence-electron chi connectivity index (χ4n) is 1.27. The zero-order valence-corrected chi connectivity index (χ0v) is 8.69. The minimum Gasteiger partial charge on any atom is -0.497 e. The van der Waals surface area contributed by atoms with Gasteiger partial charge in [-0.3, -0.25) is 0 Å². The third-order valence-corrected chi connectivity index (χ3v) is 2.04. The molecule has 3 nitrogen and oxygen atoms in total. The molecule has 0 saturated heterocycles. The average Bonchev–Trinajstić information content (AvgIpc) is 2.19. The van der Waals surface area contributed by atoms with Gasteiger partial charge in [0.1, 0.15) is 5.75 Å². The summed E-state index contributed by atoms with van der Waals surface area (Å²) in [6, 6.07) is 7.47. The Balaban J connectivity index is 2.96. The van der Waals surface area contributed by atoms with Gasteiger partial charge in [0, 0.05) is 0 Å². The van der Waals surface area contributed by atoms with Gasteiger partial charge < -0.3 is 9.94 Å². The molecule has 0 atom stereocenters. The molecule has 0 aliphatic rings. The van der Waals surface area contributed by atoms with Crippen LogP contribution in [0.15, 0.2) is 29.4 Å². The van der Waals surface area contributed by atoms with Gasteiger partial charge in [-0.1, -0.05) is 19.0 Å². The number of nitrogens with zero attached hydrogens (tertiary/aromatic N) is 1. The molecule has 76 valence electrons. The van der Waals surface area contributed by atoms with Gasteiger partial charge in [0.15, 0.2) is 0 Å². The maximum Gasteiger partial charge on any atom is 0.118 e. The molecule has 0 heterocycles. The van der Waals surface area contributed by atoms with Crippen LogP contribution in [-0.2, 0) is 0 Å². The molecule has 14 heavy (non-hydrogen) atoms. The van der Waals surface area contributed by atoms with Gasteiger partial charge in [-0.05, 0) is 35.7 Å². The standard InChI is InChI=1S/C11H15NO2/c1-8(2)11(12-13)9-4-6-10(14-3)7-5-9/h4-8,13H,1-3H3/b12-11+. The Hall–Kier alpha value is -1.51. The Bertz CT molecular complexity index is 315. The lowest BCUT2D eigenvalue weighted by Crippen LogP contribution is -2.09. The van der Waals surface area contributed by atoms with Crippen LogP contribution >= 0.6 is 0 Å². The van der Waals surface area contributed by atoms with Gasteiger partial charge in [0.25, 0.3) is 0 Å². The Morgan fingerprint density at radius 1 is 1.29 bits per heavy atom. The van der Waals surface area contributed by atoms with Crippen molar-refractivity contribution in [1.29, 1.82) is 0 Å². The van der Waals surface area contributed by atoms with Crippen molar-refractivity contribution in [2.24, 2.45) is 11.1 Å². The van der Waals surface area contributed by atoms with E-state index >= 15 is 0 Å². The smallest absolute Gasteiger partial charge is 0.118 e. The van der Waals surface area contributed by atoms with Crippen LogP contribution in [0.2, 0.25) is 0 Å². The largest absolute Gasteiger partial charge is 0.497 e. The maximum atomic E-state index is 8.83. The molecule has 0 bridgehead atoms. The maximum absolute atomic E-state index is 8.83. The molecule has 0 amide bonds. The van der Waals surface area contributed by atoms with Crippen molar-refractivity contribution < 1.29 is 9.94 Å². The highest BCUT2D eigenvalue weighted by Gasteiger charge is 2.08. The summed E-state index contributed by atoms with van der Waals surface area (Å²) in [4.78, 5) is 0. The Kier molecular flexibility index (Phi) is 3.51. The van der Waals surface area contributed by atoms with Crippen molar-refractivity contribution in [1.82, 2.24) is 0 Å². The average molecular weight is 193 g/mol. The highest BCUT2D eigenvalue weighted by molar-refractivity contribution is 6.01. The van der Waals surface area contributed by atoms with Crippen LogP contribution in [0.25, 0.3) is 0 Å². The van der Waals surface area contributed by atoms with Crippen LogP contribution in [0, 0.1) is 5.92 Å². The van der Waals surface area contributed by atoms with E-state index in [9.17, 15) is 0 Å². The second-order valence-corrected chi connectivity index (χ2v) is 3.37. The van der Waals surface area contributed by atoms with E-state index < -0.39 is 0 Å². The summed E-state index contributed by atoms with van der Waals surface area (Å²) in [5.74, 6) is 1.00. The van der Waals surface area contributed by atoms with Gasteiger partial charge in [-0.2, -0.15) is 0 Å². The molecule has 1 aromatic rings. The molecule has 0 aliphatic heterocycles. The van der Waals surface area contributed by atoms with Gasteiger partial charge in [-0.25, -0.2) is 0 Å². The summed E-state index contributed by atoms with van der Waals surface area (Å²) in [5.41, 5.74) is 1.61. The quantitative estimate of drug-likeness (QED) is 0.455. The normalized spacial score (nSPS) is 11.9. The van der Waals surface area contributed by atoms with Gasteiger partial charge in [0.2, 0.25) is 0 Å².